The van der Waals surface area contributed by atoms with Gasteiger partial charge in [-0.25, -0.2) is 14.8 Å². The topological polar surface area (TPSA) is 84.8 Å². The number of hydrogen-bond acceptors (Lipinski definition) is 6. The molecule has 31 heavy (non-hydrogen) atoms. The quantitative estimate of drug-likeness (QED) is 0.680. The smallest absolute Gasteiger partial charge is 0.321 e. The minimum absolute atomic E-state index is 0.0865. The Hall–Kier alpha value is -3.33. The molecule has 0 spiro atoms. The molecule has 0 unspecified atom stereocenters. The summed E-state index contributed by atoms with van der Waals surface area (Å²) in [5.41, 5.74) is 2.61. The number of ether oxygens (including phenoxy) is 2. The molecule has 2 aliphatic rings. The number of anilines is 1. The SMILES string of the molecule is CCc1nc2cccnc2n1CCN1CCN(C(=O)Nc2ccc3c(c2)OCO3)CC1. The standard InChI is InChI=1S/C22H26N6O3/c1-2-20-25-17-4-3-7-23-21(17)28(20)13-10-26-8-11-27(12-9-26)22(29)24-16-5-6-18-19(14-16)31-15-30-18/h3-7,14H,2,8-13,15H2,1H3,(H,24,29). The summed E-state index contributed by atoms with van der Waals surface area (Å²) in [5.74, 6) is 2.43. The van der Waals surface area contributed by atoms with Crippen LogP contribution in [0.4, 0.5) is 10.5 Å². The zero-order valence-corrected chi connectivity index (χ0v) is 17.6. The average Bonchev–Trinajstić information content (AvgIpc) is 3.41. The fraction of sp³-hybridized carbons (Fsp3) is 0.409. The first-order valence-electron chi connectivity index (χ1n) is 10.7. The second-order valence-corrected chi connectivity index (χ2v) is 7.71. The highest BCUT2D eigenvalue weighted by molar-refractivity contribution is 5.89. The Morgan fingerprint density at radius 1 is 1.10 bits per heavy atom. The number of pyridine rings is 1. The van der Waals surface area contributed by atoms with Crippen molar-refractivity contribution in [3.05, 3.63) is 42.4 Å². The lowest BCUT2D eigenvalue weighted by Gasteiger charge is -2.34. The number of aromatic nitrogens is 3. The van der Waals surface area contributed by atoms with Crippen LogP contribution in [0.15, 0.2) is 36.5 Å². The zero-order valence-electron chi connectivity index (χ0n) is 17.6. The van der Waals surface area contributed by atoms with Gasteiger partial charge in [-0.05, 0) is 24.3 Å². The van der Waals surface area contributed by atoms with Crippen LogP contribution in [-0.4, -0.2) is 69.9 Å². The van der Waals surface area contributed by atoms with Crippen molar-refractivity contribution >= 4 is 22.9 Å². The van der Waals surface area contributed by atoms with Gasteiger partial charge in [0.05, 0.1) is 0 Å². The number of aryl methyl sites for hydroxylation is 1. The van der Waals surface area contributed by atoms with Crippen LogP contribution in [0.2, 0.25) is 0 Å². The third-order valence-corrected chi connectivity index (χ3v) is 5.82. The maximum absolute atomic E-state index is 12.7. The largest absolute Gasteiger partial charge is 0.454 e. The van der Waals surface area contributed by atoms with E-state index in [0.717, 1.165) is 49.6 Å². The molecular weight excluding hydrogens is 396 g/mol. The Morgan fingerprint density at radius 3 is 2.77 bits per heavy atom. The van der Waals surface area contributed by atoms with Crippen molar-refractivity contribution < 1.29 is 14.3 Å². The molecule has 9 heteroatoms. The van der Waals surface area contributed by atoms with E-state index >= 15 is 0 Å². The first-order chi connectivity index (χ1) is 15.2. The third kappa shape index (κ3) is 4.00. The molecule has 2 amide bonds. The predicted octanol–water partition coefficient (Wildman–Crippen LogP) is 2.57. The van der Waals surface area contributed by atoms with Crippen LogP contribution in [-0.2, 0) is 13.0 Å². The molecule has 1 fully saturated rings. The summed E-state index contributed by atoms with van der Waals surface area (Å²) in [5, 5.41) is 2.96. The predicted molar refractivity (Wildman–Crippen MR) is 117 cm³/mol. The molecule has 4 heterocycles. The molecular formula is C22H26N6O3. The van der Waals surface area contributed by atoms with Gasteiger partial charge < -0.3 is 24.3 Å². The number of nitrogens with one attached hydrogen (secondary N) is 1. The monoisotopic (exact) mass is 422 g/mol. The van der Waals surface area contributed by atoms with Gasteiger partial charge in [-0.15, -0.1) is 0 Å². The van der Waals surface area contributed by atoms with Crippen molar-refractivity contribution in [3.63, 3.8) is 0 Å². The van der Waals surface area contributed by atoms with E-state index in [1.54, 1.807) is 6.07 Å². The molecule has 0 saturated carbocycles. The van der Waals surface area contributed by atoms with Gasteiger partial charge >= 0.3 is 6.03 Å². The average molecular weight is 422 g/mol. The van der Waals surface area contributed by atoms with E-state index in [1.165, 1.54) is 0 Å². The molecule has 1 N–H and O–H groups in total. The van der Waals surface area contributed by atoms with Gasteiger partial charge in [0.25, 0.3) is 0 Å². The lowest BCUT2D eigenvalue weighted by Crippen LogP contribution is -2.50. The number of urea groups is 1. The Morgan fingerprint density at radius 2 is 1.94 bits per heavy atom. The van der Waals surface area contributed by atoms with Crippen molar-refractivity contribution in [1.82, 2.24) is 24.3 Å². The Kier molecular flexibility index (Phi) is 5.33. The number of hydrogen-bond donors (Lipinski definition) is 1. The molecule has 0 radical (unpaired) electrons. The number of benzene rings is 1. The van der Waals surface area contributed by atoms with E-state index in [0.29, 0.717) is 30.3 Å². The third-order valence-electron chi connectivity index (χ3n) is 5.82. The van der Waals surface area contributed by atoms with Crippen LogP contribution in [0.1, 0.15) is 12.7 Å². The van der Waals surface area contributed by atoms with Gasteiger partial charge in [-0.1, -0.05) is 6.92 Å². The Bertz CT molecular complexity index is 1090. The van der Waals surface area contributed by atoms with Crippen molar-refractivity contribution in [2.75, 3.05) is 44.8 Å². The number of rotatable bonds is 5. The van der Waals surface area contributed by atoms with Gasteiger partial charge in [0.1, 0.15) is 11.3 Å². The van der Waals surface area contributed by atoms with Crippen LogP contribution in [0.25, 0.3) is 11.2 Å². The fourth-order valence-corrected chi connectivity index (χ4v) is 4.10. The number of imidazole rings is 1. The Balaban J connectivity index is 1.14. The molecule has 0 bridgehead atoms. The van der Waals surface area contributed by atoms with Crippen LogP contribution in [0.5, 0.6) is 11.5 Å². The van der Waals surface area contributed by atoms with Crippen LogP contribution >= 0.6 is 0 Å². The lowest BCUT2D eigenvalue weighted by atomic mass is 10.2. The van der Waals surface area contributed by atoms with Crippen LogP contribution < -0.4 is 14.8 Å². The van der Waals surface area contributed by atoms with Crippen LogP contribution in [0.3, 0.4) is 0 Å². The number of nitrogens with zero attached hydrogens (tertiary/aromatic N) is 5. The van der Waals surface area contributed by atoms with Crippen molar-refractivity contribution in [2.24, 2.45) is 0 Å². The van der Waals surface area contributed by atoms with Crippen LogP contribution in [0, 0.1) is 0 Å². The molecule has 0 atom stereocenters. The van der Waals surface area contributed by atoms with E-state index in [-0.39, 0.29) is 12.8 Å². The summed E-state index contributed by atoms with van der Waals surface area (Å²) in [7, 11) is 0. The van der Waals surface area contributed by atoms with Gasteiger partial charge in [0.2, 0.25) is 6.79 Å². The summed E-state index contributed by atoms with van der Waals surface area (Å²) in [6, 6.07) is 9.29. The summed E-state index contributed by atoms with van der Waals surface area (Å²) in [6.45, 7) is 7.17. The minimum atomic E-state index is -0.0865. The normalized spacial score (nSPS) is 16.1. The maximum atomic E-state index is 12.7. The van der Waals surface area contributed by atoms with Gasteiger partial charge in [0, 0.05) is 63.6 Å². The lowest BCUT2D eigenvalue weighted by molar-refractivity contribution is 0.144. The molecule has 1 aromatic carbocycles. The highest BCUT2D eigenvalue weighted by Crippen LogP contribution is 2.34. The molecule has 2 aliphatic heterocycles. The Labute approximate surface area is 180 Å². The van der Waals surface area contributed by atoms with Gasteiger partial charge in [-0.3, -0.25) is 4.90 Å². The number of carbonyl (C=O) groups is 1. The molecule has 162 valence electrons. The number of piperazine rings is 1. The zero-order chi connectivity index (χ0) is 21.2. The molecule has 5 rings (SSSR count). The fourth-order valence-electron chi connectivity index (χ4n) is 4.10. The molecule has 3 aromatic rings. The summed E-state index contributed by atoms with van der Waals surface area (Å²) in [4.78, 5) is 26.1. The van der Waals surface area contributed by atoms with E-state index in [4.69, 9.17) is 14.5 Å². The molecule has 1 saturated heterocycles. The van der Waals surface area contributed by atoms with Crippen molar-refractivity contribution in [2.45, 2.75) is 19.9 Å². The highest BCUT2D eigenvalue weighted by atomic mass is 16.7. The second kappa shape index (κ2) is 8.43. The number of carbonyl (C=O) groups excluding carboxylic acids is 1. The van der Waals surface area contributed by atoms with Crippen molar-refractivity contribution in [3.8, 4) is 11.5 Å². The maximum Gasteiger partial charge on any atom is 0.321 e. The number of fused-ring (bicyclic) bond motifs is 2. The summed E-state index contributed by atoms with van der Waals surface area (Å²) < 4.78 is 12.9. The van der Waals surface area contributed by atoms with E-state index in [1.807, 2.05) is 35.4 Å². The summed E-state index contributed by atoms with van der Waals surface area (Å²) in [6.07, 6.45) is 2.70. The molecule has 2 aromatic heterocycles. The van der Waals surface area contributed by atoms with Gasteiger partial charge in [0.15, 0.2) is 17.1 Å². The molecule has 9 nitrogen and oxygen atoms in total. The minimum Gasteiger partial charge on any atom is -0.454 e. The summed E-state index contributed by atoms with van der Waals surface area (Å²) >= 11 is 0. The number of amides is 2. The van der Waals surface area contributed by atoms with Crippen molar-refractivity contribution in [1.29, 1.82) is 0 Å². The first-order valence-corrected chi connectivity index (χ1v) is 10.7. The first kappa shape index (κ1) is 19.6. The molecule has 0 aliphatic carbocycles. The van der Waals surface area contributed by atoms with E-state index in [2.05, 4.69) is 26.7 Å². The van der Waals surface area contributed by atoms with E-state index < -0.39 is 0 Å². The highest BCUT2D eigenvalue weighted by Gasteiger charge is 2.22. The van der Waals surface area contributed by atoms with E-state index in [9.17, 15) is 4.79 Å². The van der Waals surface area contributed by atoms with Gasteiger partial charge in [-0.2, -0.15) is 0 Å². The second-order valence-electron chi connectivity index (χ2n) is 7.71.